The summed E-state index contributed by atoms with van der Waals surface area (Å²) in [5.41, 5.74) is 2.24. The van der Waals surface area contributed by atoms with E-state index in [1.807, 2.05) is 36.7 Å². The number of likely N-dealkylation sites (tertiary alicyclic amines) is 1. The van der Waals surface area contributed by atoms with Gasteiger partial charge in [-0.1, -0.05) is 37.5 Å². The fourth-order valence-electron chi connectivity index (χ4n) is 6.15. The van der Waals surface area contributed by atoms with Crippen LogP contribution in [0.5, 0.6) is 0 Å². The second kappa shape index (κ2) is 9.79. The van der Waals surface area contributed by atoms with Gasteiger partial charge in [-0.3, -0.25) is 4.79 Å². The maximum absolute atomic E-state index is 13.3. The maximum Gasteiger partial charge on any atom is 0.260 e. The molecule has 5 rings (SSSR count). The highest BCUT2D eigenvalue weighted by atomic mass is 35.5. The molecule has 0 atom stereocenters. The topological polar surface area (TPSA) is 39.3 Å². The minimum atomic E-state index is 0. The van der Waals surface area contributed by atoms with E-state index in [0.29, 0.717) is 11.5 Å². The van der Waals surface area contributed by atoms with Crippen molar-refractivity contribution in [3.8, 4) is 0 Å². The number of benzene rings is 1. The van der Waals surface area contributed by atoms with Crippen LogP contribution in [0.2, 0.25) is 0 Å². The molecular formula is C26H36ClN3O. The molecule has 1 saturated heterocycles. The summed E-state index contributed by atoms with van der Waals surface area (Å²) in [6.45, 7) is 3.82. The number of anilines is 1. The van der Waals surface area contributed by atoms with E-state index in [-0.39, 0.29) is 18.3 Å². The number of H-pyrrole nitrogens is 1. The first-order valence-electron chi connectivity index (χ1n) is 12.0. The molecule has 3 fully saturated rings. The molecule has 0 bridgehead atoms. The zero-order valence-electron chi connectivity index (χ0n) is 18.5. The van der Waals surface area contributed by atoms with E-state index in [0.717, 1.165) is 30.0 Å². The smallest absolute Gasteiger partial charge is 0.260 e. The number of rotatable bonds is 5. The first-order valence-corrected chi connectivity index (χ1v) is 12.0. The summed E-state index contributed by atoms with van der Waals surface area (Å²) in [5.74, 6) is 1.06. The van der Waals surface area contributed by atoms with Crippen LogP contribution in [0.25, 0.3) is 0 Å². The quantitative estimate of drug-likeness (QED) is 0.626. The predicted octanol–water partition coefficient (Wildman–Crippen LogP) is 5.91. The molecule has 2 saturated carbocycles. The van der Waals surface area contributed by atoms with Crippen LogP contribution in [0.4, 0.5) is 5.69 Å². The number of carbonyl (C=O) groups is 1. The molecule has 3 aliphatic rings. The largest absolute Gasteiger partial charge is 0.367 e. The Bertz CT molecular complexity index is 816. The molecule has 31 heavy (non-hydrogen) atoms. The summed E-state index contributed by atoms with van der Waals surface area (Å²) in [4.78, 5) is 21.1. The van der Waals surface area contributed by atoms with Crippen molar-refractivity contribution in [2.24, 2.45) is 11.3 Å². The van der Waals surface area contributed by atoms with Gasteiger partial charge in [0.25, 0.3) is 5.91 Å². The number of nitrogens with one attached hydrogen (secondary N) is 1. The summed E-state index contributed by atoms with van der Waals surface area (Å²) in [7, 11) is 0. The van der Waals surface area contributed by atoms with E-state index in [1.54, 1.807) is 0 Å². The molecule has 168 valence electrons. The van der Waals surface area contributed by atoms with Gasteiger partial charge in [0.05, 0.1) is 5.56 Å². The van der Waals surface area contributed by atoms with Crippen LogP contribution in [0.3, 0.4) is 0 Å². The first kappa shape index (κ1) is 22.4. The highest BCUT2D eigenvalue weighted by Gasteiger charge is 2.49. The monoisotopic (exact) mass is 441 g/mol. The second-order valence-electron chi connectivity index (χ2n) is 9.98. The van der Waals surface area contributed by atoms with E-state index in [9.17, 15) is 4.79 Å². The fourth-order valence-corrected chi connectivity index (χ4v) is 6.15. The average molecular weight is 442 g/mol. The van der Waals surface area contributed by atoms with Gasteiger partial charge in [0, 0.05) is 30.7 Å². The average Bonchev–Trinajstić information content (AvgIpc) is 3.30. The molecule has 1 N–H and O–H groups in total. The number of carbonyl (C=O) groups excluding carboxylic acids is 1. The lowest BCUT2D eigenvalue weighted by Crippen LogP contribution is -2.57. The van der Waals surface area contributed by atoms with E-state index >= 15 is 0 Å². The molecule has 2 aliphatic carbocycles. The molecular weight excluding hydrogens is 406 g/mol. The zero-order valence-corrected chi connectivity index (χ0v) is 19.3. The number of para-hydroxylation sites is 1. The van der Waals surface area contributed by atoms with Gasteiger partial charge in [-0.2, -0.15) is 0 Å². The molecule has 2 heterocycles. The maximum atomic E-state index is 13.3. The van der Waals surface area contributed by atoms with Crippen LogP contribution in [-0.2, 0) is 0 Å². The fraction of sp³-hybridized carbons (Fsp3) is 0.577. The molecule has 4 nitrogen and oxygen atoms in total. The number of aromatic amines is 1. The number of halogens is 1. The van der Waals surface area contributed by atoms with Crippen LogP contribution < -0.4 is 4.90 Å². The molecule has 2 aromatic rings. The van der Waals surface area contributed by atoms with E-state index in [1.165, 1.54) is 64.6 Å². The van der Waals surface area contributed by atoms with Crippen molar-refractivity contribution in [3.05, 3.63) is 54.4 Å². The van der Waals surface area contributed by atoms with Gasteiger partial charge in [-0.15, -0.1) is 12.4 Å². The normalized spacial score (nSPS) is 21.9. The minimum absolute atomic E-state index is 0. The lowest BCUT2D eigenvalue weighted by atomic mass is 9.59. The third kappa shape index (κ3) is 4.85. The lowest BCUT2D eigenvalue weighted by molar-refractivity contribution is 0.00912. The zero-order chi connectivity index (χ0) is 20.4. The Morgan fingerprint density at radius 3 is 2.39 bits per heavy atom. The van der Waals surface area contributed by atoms with Crippen molar-refractivity contribution in [1.29, 1.82) is 0 Å². The number of amides is 1. The molecule has 1 spiro atoms. The van der Waals surface area contributed by atoms with Crippen LogP contribution in [0.1, 0.15) is 68.1 Å². The summed E-state index contributed by atoms with van der Waals surface area (Å²) in [5, 5.41) is 0. The van der Waals surface area contributed by atoms with Gasteiger partial charge < -0.3 is 14.8 Å². The predicted molar refractivity (Wildman–Crippen MR) is 129 cm³/mol. The number of hydrogen-bond donors (Lipinski definition) is 1. The van der Waals surface area contributed by atoms with E-state index in [2.05, 4.69) is 26.9 Å². The Hall–Kier alpha value is -1.78. The third-order valence-corrected chi connectivity index (χ3v) is 7.96. The second-order valence-corrected chi connectivity index (χ2v) is 9.98. The summed E-state index contributed by atoms with van der Waals surface area (Å²) >= 11 is 0. The molecule has 0 unspecified atom stereocenters. The molecule has 1 aromatic carbocycles. The van der Waals surface area contributed by atoms with Crippen molar-refractivity contribution < 1.29 is 4.79 Å². The van der Waals surface area contributed by atoms with Crippen molar-refractivity contribution in [2.75, 3.05) is 24.5 Å². The van der Waals surface area contributed by atoms with Gasteiger partial charge >= 0.3 is 0 Å². The Kier molecular flexibility index (Phi) is 7.08. The number of nitrogens with zero attached hydrogens (tertiary/aromatic N) is 2. The van der Waals surface area contributed by atoms with Crippen molar-refractivity contribution in [1.82, 2.24) is 9.88 Å². The highest BCUT2D eigenvalue weighted by Crippen LogP contribution is 2.52. The van der Waals surface area contributed by atoms with Crippen LogP contribution in [-0.4, -0.2) is 41.5 Å². The van der Waals surface area contributed by atoms with Crippen LogP contribution in [0.15, 0.2) is 48.8 Å². The summed E-state index contributed by atoms with van der Waals surface area (Å²) in [6.07, 6.45) is 15.8. The molecule has 0 radical (unpaired) electrons. The first-order chi connectivity index (χ1) is 14.7. The highest BCUT2D eigenvalue weighted by molar-refractivity contribution is 6.06. The Balaban J connectivity index is 0.00000231. The molecule has 1 aromatic heterocycles. The van der Waals surface area contributed by atoms with Crippen LogP contribution in [0, 0.1) is 11.3 Å². The Morgan fingerprint density at radius 1 is 1.03 bits per heavy atom. The lowest BCUT2D eigenvalue weighted by Gasteiger charge is -2.55. The van der Waals surface area contributed by atoms with Gasteiger partial charge in [-0.25, -0.2) is 0 Å². The van der Waals surface area contributed by atoms with E-state index < -0.39 is 0 Å². The van der Waals surface area contributed by atoms with Gasteiger partial charge in [0.2, 0.25) is 0 Å². The number of piperidine rings is 1. The number of aromatic nitrogens is 1. The van der Waals surface area contributed by atoms with Gasteiger partial charge in [-0.05, 0) is 81.1 Å². The van der Waals surface area contributed by atoms with Crippen molar-refractivity contribution >= 4 is 24.0 Å². The Labute approximate surface area is 192 Å². The van der Waals surface area contributed by atoms with Gasteiger partial charge in [0.1, 0.15) is 0 Å². The molecule has 1 aliphatic heterocycles. The van der Waals surface area contributed by atoms with E-state index in [4.69, 9.17) is 0 Å². The molecule has 5 heteroatoms. The van der Waals surface area contributed by atoms with Crippen molar-refractivity contribution in [3.63, 3.8) is 0 Å². The SMILES string of the molecule is Cl.O=C(c1cc[nH]c1)N(c1ccccc1)C1CC2(CCN(CC3CCCCC3)CC2)C1. The van der Waals surface area contributed by atoms with Crippen molar-refractivity contribution in [2.45, 2.75) is 63.8 Å². The Morgan fingerprint density at radius 2 is 1.74 bits per heavy atom. The molecule has 1 amide bonds. The summed E-state index contributed by atoms with van der Waals surface area (Å²) < 4.78 is 0. The minimum Gasteiger partial charge on any atom is -0.367 e. The van der Waals surface area contributed by atoms with Crippen LogP contribution >= 0.6 is 12.4 Å². The standard InChI is InChI=1S/C26H35N3O.ClH/c30-25(22-11-14-27-19-22)29(23-9-5-2-6-10-23)24-17-26(18-24)12-15-28(16-13-26)20-21-7-3-1-4-8-21;/h2,5-6,9-11,14,19,21,24,27H,1,3-4,7-8,12-13,15-18,20H2;1H. The number of hydrogen-bond acceptors (Lipinski definition) is 2. The van der Waals surface area contributed by atoms with Gasteiger partial charge in [0.15, 0.2) is 0 Å². The third-order valence-electron chi connectivity index (χ3n) is 7.96. The summed E-state index contributed by atoms with van der Waals surface area (Å²) in [6, 6.07) is 12.4.